The van der Waals surface area contributed by atoms with Gasteiger partial charge in [0.1, 0.15) is 6.61 Å². The van der Waals surface area contributed by atoms with Crippen LogP contribution in [0.4, 0.5) is 13.2 Å². The Labute approximate surface area is 78.8 Å². The van der Waals surface area contributed by atoms with Gasteiger partial charge in [0, 0.05) is 13.1 Å². The molecule has 1 aromatic rings. The molecule has 0 N–H and O–H groups in total. The molecule has 0 saturated carbocycles. The Morgan fingerprint density at radius 2 is 2.29 bits per heavy atom. The summed E-state index contributed by atoms with van der Waals surface area (Å²) < 4.78 is 42.4. The van der Waals surface area contributed by atoms with Crippen LogP contribution >= 0.6 is 0 Å². The molecule has 78 valence electrons. The van der Waals surface area contributed by atoms with Gasteiger partial charge in [0.15, 0.2) is 5.69 Å². The number of nitrogens with zero attached hydrogens (tertiary/aromatic N) is 2. The lowest BCUT2D eigenvalue weighted by Crippen LogP contribution is -2.06. The number of aryl methyl sites for hydroxylation is 1. The van der Waals surface area contributed by atoms with Crippen LogP contribution in [-0.2, 0) is 13.2 Å². The molecule has 3 nitrogen and oxygen atoms in total. The molecule has 0 aromatic carbocycles. The van der Waals surface area contributed by atoms with Gasteiger partial charge in [-0.1, -0.05) is 12.7 Å². The lowest BCUT2D eigenvalue weighted by atomic mass is 10.4. The number of alkyl halides is 3. The Balaban J connectivity index is 2.87. The second-order valence-corrected chi connectivity index (χ2v) is 2.59. The molecule has 0 unspecified atom stereocenters. The molecule has 0 radical (unpaired) electrons. The molecule has 0 saturated heterocycles. The zero-order valence-corrected chi connectivity index (χ0v) is 7.51. The molecule has 0 aliphatic heterocycles. The smallest absolute Gasteiger partial charge is 0.435 e. The predicted molar refractivity (Wildman–Crippen MR) is 43.9 cm³/mol. The monoisotopic (exact) mass is 206 g/mol. The molecule has 1 heterocycles. The van der Waals surface area contributed by atoms with E-state index in [9.17, 15) is 13.2 Å². The van der Waals surface area contributed by atoms with E-state index in [-0.39, 0.29) is 12.5 Å². The van der Waals surface area contributed by atoms with Gasteiger partial charge in [-0.2, -0.15) is 18.3 Å². The van der Waals surface area contributed by atoms with Crippen LogP contribution in [0.15, 0.2) is 18.7 Å². The average molecular weight is 206 g/mol. The molecule has 0 amide bonds. The van der Waals surface area contributed by atoms with Crippen LogP contribution in [0.1, 0.15) is 5.69 Å². The fourth-order valence-corrected chi connectivity index (χ4v) is 0.868. The van der Waals surface area contributed by atoms with Gasteiger partial charge < -0.3 is 4.74 Å². The van der Waals surface area contributed by atoms with E-state index < -0.39 is 11.9 Å². The normalized spacial score (nSPS) is 11.4. The first kappa shape index (κ1) is 10.6. The summed E-state index contributed by atoms with van der Waals surface area (Å²) in [6.45, 7) is 3.53. The summed E-state index contributed by atoms with van der Waals surface area (Å²) in [5.74, 6) is 0.0669. The number of hydrogen-bond acceptors (Lipinski definition) is 2. The van der Waals surface area contributed by atoms with Crippen LogP contribution in [0.5, 0.6) is 5.88 Å². The van der Waals surface area contributed by atoms with Gasteiger partial charge in [-0.05, 0) is 0 Å². The summed E-state index contributed by atoms with van der Waals surface area (Å²) in [5, 5.41) is 3.27. The Bertz CT molecular complexity index is 330. The maximum absolute atomic E-state index is 12.2. The highest BCUT2D eigenvalue weighted by Crippen LogP contribution is 2.30. The highest BCUT2D eigenvalue weighted by atomic mass is 19.4. The fraction of sp³-hybridized carbons (Fsp3) is 0.375. The maximum atomic E-state index is 12.2. The number of halogens is 3. The van der Waals surface area contributed by atoms with Crippen molar-refractivity contribution in [2.45, 2.75) is 6.18 Å². The lowest BCUT2D eigenvalue weighted by Gasteiger charge is -2.00. The quantitative estimate of drug-likeness (QED) is 0.707. The number of aromatic nitrogens is 2. The molecule has 0 aliphatic rings. The van der Waals surface area contributed by atoms with Gasteiger partial charge in [-0.15, -0.1) is 0 Å². The van der Waals surface area contributed by atoms with Crippen molar-refractivity contribution in [1.29, 1.82) is 0 Å². The van der Waals surface area contributed by atoms with Crippen LogP contribution < -0.4 is 4.74 Å². The van der Waals surface area contributed by atoms with Crippen molar-refractivity contribution in [3.05, 3.63) is 24.4 Å². The summed E-state index contributed by atoms with van der Waals surface area (Å²) in [6.07, 6.45) is -2.99. The van der Waals surface area contributed by atoms with Crippen molar-refractivity contribution in [2.75, 3.05) is 6.61 Å². The van der Waals surface area contributed by atoms with E-state index in [4.69, 9.17) is 4.74 Å². The minimum absolute atomic E-state index is 0.0669. The van der Waals surface area contributed by atoms with Crippen LogP contribution in [-0.4, -0.2) is 16.4 Å². The highest BCUT2D eigenvalue weighted by Gasteiger charge is 2.34. The number of ether oxygens (including phenoxy) is 1. The molecule has 0 fully saturated rings. The SMILES string of the molecule is C=CCOc1cc(C(F)(F)F)nn1C. The number of hydrogen-bond donors (Lipinski definition) is 0. The maximum Gasteiger partial charge on any atom is 0.435 e. The molecule has 1 aromatic heterocycles. The standard InChI is InChI=1S/C8H9F3N2O/c1-3-4-14-7-5-6(8(9,10)11)12-13(7)2/h3,5H,1,4H2,2H3. The van der Waals surface area contributed by atoms with E-state index in [0.717, 1.165) is 10.7 Å². The van der Waals surface area contributed by atoms with Crippen molar-refractivity contribution in [3.63, 3.8) is 0 Å². The third kappa shape index (κ3) is 2.27. The minimum atomic E-state index is -4.44. The summed E-state index contributed by atoms with van der Waals surface area (Å²) in [6, 6.07) is 0.851. The minimum Gasteiger partial charge on any atom is -0.474 e. The van der Waals surface area contributed by atoms with Gasteiger partial charge in [0.2, 0.25) is 5.88 Å². The van der Waals surface area contributed by atoms with Gasteiger partial charge >= 0.3 is 6.18 Å². The molecule has 14 heavy (non-hydrogen) atoms. The summed E-state index contributed by atoms with van der Waals surface area (Å²) >= 11 is 0. The van der Waals surface area contributed by atoms with Crippen molar-refractivity contribution in [2.24, 2.45) is 7.05 Å². The van der Waals surface area contributed by atoms with Gasteiger partial charge in [-0.3, -0.25) is 0 Å². The van der Waals surface area contributed by atoms with Crippen LogP contribution in [0, 0.1) is 0 Å². The van der Waals surface area contributed by atoms with Crippen molar-refractivity contribution < 1.29 is 17.9 Å². The zero-order chi connectivity index (χ0) is 10.8. The second kappa shape index (κ2) is 3.73. The van der Waals surface area contributed by atoms with Crippen molar-refractivity contribution in [3.8, 4) is 5.88 Å². The molecular weight excluding hydrogens is 197 g/mol. The Morgan fingerprint density at radius 1 is 1.64 bits per heavy atom. The van der Waals surface area contributed by atoms with Crippen molar-refractivity contribution >= 4 is 0 Å². The summed E-state index contributed by atoms with van der Waals surface area (Å²) in [5.41, 5.74) is -0.959. The van der Waals surface area contributed by atoms with Gasteiger partial charge in [-0.25, -0.2) is 4.68 Å². The number of rotatable bonds is 3. The van der Waals surface area contributed by atoms with Crippen LogP contribution in [0.2, 0.25) is 0 Å². The Morgan fingerprint density at radius 3 is 2.71 bits per heavy atom. The Kier molecular flexibility index (Phi) is 2.83. The van der Waals surface area contributed by atoms with Crippen molar-refractivity contribution in [1.82, 2.24) is 9.78 Å². The summed E-state index contributed by atoms with van der Waals surface area (Å²) in [7, 11) is 1.38. The predicted octanol–water partition coefficient (Wildman–Crippen LogP) is 2.00. The third-order valence-corrected chi connectivity index (χ3v) is 1.48. The molecule has 1 rings (SSSR count). The molecule has 0 bridgehead atoms. The molecule has 0 aliphatic carbocycles. The summed E-state index contributed by atoms with van der Waals surface area (Å²) in [4.78, 5) is 0. The first-order chi connectivity index (χ1) is 6.45. The van der Waals surface area contributed by atoms with E-state index in [1.165, 1.54) is 13.1 Å². The average Bonchev–Trinajstić information content (AvgIpc) is 2.43. The van der Waals surface area contributed by atoms with Crippen LogP contribution in [0.3, 0.4) is 0 Å². The lowest BCUT2D eigenvalue weighted by molar-refractivity contribution is -0.141. The van der Waals surface area contributed by atoms with E-state index in [0.29, 0.717) is 0 Å². The first-order valence-electron chi connectivity index (χ1n) is 3.80. The fourth-order valence-electron chi connectivity index (χ4n) is 0.868. The van der Waals surface area contributed by atoms with E-state index in [2.05, 4.69) is 11.7 Å². The zero-order valence-electron chi connectivity index (χ0n) is 7.51. The first-order valence-corrected chi connectivity index (χ1v) is 3.80. The molecular formula is C8H9F3N2O. The third-order valence-electron chi connectivity index (χ3n) is 1.48. The van der Waals surface area contributed by atoms with Gasteiger partial charge in [0.25, 0.3) is 0 Å². The molecule has 0 spiro atoms. The van der Waals surface area contributed by atoms with E-state index in [1.54, 1.807) is 0 Å². The molecule has 6 heteroatoms. The second-order valence-electron chi connectivity index (χ2n) is 2.59. The molecule has 0 atom stereocenters. The largest absolute Gasteiger partial charge is 0.474 e. The van der Waals surface area contributed by atoms with Gasteiger partial charge in [0.05, 0.1) is 0 Å². The van der Waals surface area contributed by atoms with E-state index in [1.807, 2.05) is 0 Å². The Hall–Kier alpha value is -1.46. The van der Waals surface area contributed by atoms with Crippen LogP contribution in [0.25, 0.3) is 0 Å². The van der Waals surface area contributed by atoms with E-state index >= 15 is 0 Å². The highest BCUT2D eigenvalue weighted by molar-refractivity contribution is 5.18. The topological polar surface area (TPSA) is 27.1 Å².